The first-order chi connectivity index (χ1) is 12.7. The van der Waals surface area contributed by atoms with Crippen LogP contribution in [-0.4, -0.2) is 9.97 Å². The molecule has 0 bridgehead atoms. The van der Waals surface area contributed by atoms with Gasteiger partial charge in [-0.25, -0.2) is 4.98 Å². The van der Waals surface area contributed by atoms with E-state index in [2.05, 4.69) is 35.1 Å². The number of hydrogen-bond acceptors (Lipinski definition) is 5. The van der Waals surface area contributed by atoms with Crippen LogP contribution in [0.2, 0.25) is 0 Å². The molecule has 0 atom stereocenters. The number of ether oxygens (including phenoxy) is 1. The van der Waals surface area contributed by atoms with Crippen LogP contribution < -0.4 is 10.5 Å². The average Bonchev–Trinajstić information content (AvgIpc) is 2.67. The Kier molecular flexibility index (Phi) is 4.46. The van der Waals surface area contributed by atoms with Gasteiger partial charge in [0.15, 0.2) is 0 Å². The normalized spacial score (nSPS) is 10.8. The molecule has 1 heterocycles. The molecule has 2 N–H and O–H groups in total. The second-order valence-corrected chi connectivity index (χ2v) is 6.99. The monoisotopic (exact) mass is 359 g/mol. The number of hydrogen-bond donors (Lipinski definition) is 1. The standard InChI is InChI=1S/C21H17N3OS/c1-14-6-10-18(11-7-14)26-21-19(22)20(23-13-24-21)25-17-9-8-15-4-2-3-5-16(15)12-17/h2-13H,22H2,1H3. The number of aryl methyl sites for hydroxylation is 1. The van der Waals surface area contributed by atoms with Crippen molar-refractivity contribution in [3.05, 3.63) is 78.6 Å². The Hall–Kier alpha value is -3.05. The van der Waals surface area contributed by atoms with Crippen LogP contribution in [0.15, 0.2) is 83.0 Å². The fourth-order valence-electron chi connectivity index (χ4n) is 2.59. The van der Waals surface area contributed by atoms with Gasteiger partial charge in [0.25, 0.3) is 0 Å². The van der Waals surface area contributed by atoms with E-state index in [1.54, 1.807) is 0 Å². The number of fused-ring (bicyclic) bond motifs is 1. The molecular weight excluding hydrogens is 342 g/mol. The molecule has 3 aromatic carbocycles. The van der Waals surface area contributed by atoms with Crippen molar-refractivity contribution in [2.75, 3.05) is 5.73 Å². The maximum atomic E-state index is 6.25. The second kappa shape index (κ2) is 7.06. The number of benzene rings is 3. The lowest BCUT2D eigenvalue weighted by Gasteiger charge is -2.10. The van der Waals surface area contributed by atoms with Gasteiger partial charge < -0.3 is 10.5 Å². The van der Waals surface area contributed by atoms with Crippen molar-refractivity contribution in [2.45, 2.75) is 16.8 Å². The Morgan fingerprint density at radius 2 is 1.65 bits per heavy atom. The molecule has 128 valence electrons. The van der Waals surface area contributed by atoms with E-state index in [0.717, 1.165) is 15.7 Å². The fourth-order valence-corrected chi connectivity index (χ4v) is 3.38. The molecule has 26 heavy (non-hydrogen) atoms. The lowest BCUT2D eigenvalue weighted by molar-refractivity contribution is 0.463. The van der Waals surface area contributed by atoms with Crippen molar-refractivity contribution in [3.63, 3.8) is 0 Å². The number of nitrogens with zero attached hydrogens (tertiary/aromatic N) is 2. The summed E-state index contributed by atoms with van der Waals surface area (Å²) in [5.41, 5.74) is 7.90. The molecule has 0 aliphatic heterocycles. The quantitative estimate of drug-likeness (QED) is 0.490. The summed E-state index contributed by atoms with van der Waals surface area (Å²) in [7, 11) is 0. The Bertz CT molecular complexity index is 1060. The number of rotatable bonds is 4. The van der Waals surface area contributed by atoms with Crippen molar-refractivity contribution in [3.8, 4) is 11.6 Å². The molecule has 4 rings (SSSR count). The van der Waals surface area contributed by atoms with E-state index in [9.17, 15) is 0 Å². The van der Waals surface area contributed by atoms with Gasteiger partial charge in [0.05, 0.1) is 0 Å². The van der Waals surface area contributed by atoms with Crippen LogP contribution in [0.1, 0.15) is 5.56 Å². The van der Waals surface area contributed by atoms with Crippen molar-refractivity contribution >= 4 is 28.2 Å². The van der Waals surface area contributed by atoms with E-state index in [-0.39, 0.29) is 0 Å². The molecule has 4 aromatic rings. The van der Waals surface area contributed by atoms with Crippen LogP contribution in [0.4, 0.5) is 5.69 Å². The highest BCUT2D eigenvalue weighted by Gasteiger charge is 2.12. The van der Waals surface area contributed by atoms with Crippen LogP contribution in [0.3, 0.4) is 0 Å². The van der Waals surface area contributed by atoms with Gasteiger partial charge >= 0.3 is 0 Å². The lowest BCUT2D eigenvalue weighted by Crippen LogP contribution is -1.99. The average molecular weight is 359 g/mol. The van der Waals surface area contributed by atoms with E-state index in [0.29, 0.717) is 22.3 Å². The first-order valence-corrected chi connectivity index (χ1v) is 9.02. The van der Waals surface area contributed by atoms with Crippen LogP contribution in [0, 0.1) is 6.92 Å². The molecule has 0 spiro atoms. The fraction of sp³-hybridized carbons (Fsp3) is 0.0476. The molecule has 4 nitrogen and oxygen atoms in total. The summed E-state index contributed by atoms with van der Waals surface area (Å²) >= 11 is 1.49. The Morgan fingerprint density at radius 3 is 2.46 bits per heavy atom. The predicted octanol–water partition coefficient (Wildman–Crippen LogP) is 5.46. The van der Waals surface area contributed by atoms with Crippen LogP contribution in [-0.2, 0) is 0 Å². The second-order valence-electron chi connectivity index (χ2n) is 5.92. The van der Waals surface area contributed by atoms with Crippen molar-refractivity contribution in [2.24, 2.45) is 0 Å². The van der Waals surface area contributed by atoms with Crippen molar-refractivity contribution < 1.29 is 4.74 Å². The van der Waals surface area contributed by atoms with Gasteiger partial charge in [0.1, 0.15) is 22.8 Å². The number of nitrogens with two attached hydrogens (primary N) is 1. The van der Waals surface area contributed by atoms with Gasteiger partial charge in [-0.3, -0.25) is 0 Å². The Labute approximate surface area is 156 Å². The molecule has 0 aliphatic carbocycles. The molecule has 0 saturated heterocycles. The van der Waals surface area contributed by atoms with Gasteiger partial charge in [-0.1, -0.05) is 59.8 Å². The molecule has 0 aliphatic rings. The largest absolute Gasteiger partial charge is 0.437 e. The highest BCUT2D eigenvalue weighted by molar-refractivity contribution is 7.99. The zero-order chi connectivity index (χ0) is 17.9. The van der Waals surface area contributed by atoms with Gasteiger partial charge in [0.2, 0.25) is 5.88 Å². The SMILES string of the molecule is Cc1ccc(Sc2ncnc(Oc3ccc4ccccc4c3)c2N)cc1. The van der Waals surface area contributed by atoms with Crippen molar-refractivity contribution in [1.82, 2.24) is 9.97 Å². The predicted molar refractivity (Wildman–Crippen MR) is 106 cm³/mol. The minimum Gasteiger partial charge on any atom is -0.437 e. The topological polar surface area (TPSA) is 61.0 Å². The molecule has 5 heteroatoms. The number of anilines is 1. The third-order valence-corrected chi connectivity index (χ3v) is 5.01. The van der Waals surface area contributed by atoms with E-state index in [1.165, 1.54) is 23.7 Å². The maximum absolute atomic E-state index is 6.25. The first-order valence-electron chi connectivity index (χ1n) is 8.21. The minimum absolute atomic E-state index is 0.366. The third-order valence-electron chi connectivity index (χ3n) is 3.98. The van der Waals surface area contributed by atoms with Gasteiger partial charge in [-0.15, -0.1) is 0 Å². The molecular formula is C21H17N3OS. The number of aromatic nitrogens is 2. The van der Waals surface area contributed by atoms with E-state index in [4.69, 9.17) is 10.5 Å². The molecule has 0 radical (unpaired) electrons. The van der Waals surface area contributed by atoms with E-state index >= 15 is 0 Å². The molecule has 1 aromatic heterocycles. The smallest absolute Gasteiger partial charge is 0.247 e. The van der Waals surface area contributed by atoms with E-state index in [1.807, 2.05) is 48.5 Å². The zero-order valence-electron chi connectivity index (χ0n) is 14.2. The highest BCUT2D eigenvalue weighted by Crippen LogP contribution is 2.36. The molecule has 0 fully saturated rings. The lowest BCUT2D eigenvalue weighted by atomic mass is 10.1. The highest BCUT2D eigenvalue weighted by atomic mass is 32.2. The van der Waals surface area contributed by atoms with Crippen LogP contribution >= 0.6 is 11.8 Å². The van der Waals surface area contributed by atoms with Gasteiger partial charge in [-0.05, 0) is 42.0 Å². The molecule has 0 amide bonds. The third kappa shape index (κ3) is 3.48. The summed E-state index contributed by atoms with van der Waals surface area (Å²) in [6.07, 6.45) is 1.48. The summed E-state index contributed by atoms with van der Waals surface area (Å²) in [6.45, 7) is 2.06. The Morgan fingerprint density at radius 1 is 0.885 bits per heavy atom. The molecule has 0 unspecified atom stereocenters. The van der Waals surface area contributed by atoms with Crippen molar-refractivity contribution in [1.29, 1.82) is 0 Å². The Balaban J connectivity index is 1.61. The first kappa shape index (κ1) is 16.4. The zero-order valence-corrected chi connectivity index (χ0v) is 15.0. The number of nitrogen functional groups attached to an aromatic ring is 1. The summed E-state index contributed by atoms with van der Waals surface area (Å²) in [5.74, 6) is 1.06. The van der Waals surface area contributed by atoms with Crippen LogP contribution in [0.25, 0.3) is 10.8 Å². The summed E-state index contributed by atoms with van der Waals surface area (Å²) < 4.78 is 5.93. The molecule has 0 saturated carbocycles. The summed E-state index contributed by atoms with van der Waals surface area (Å²) in [4.78, 5) is 9.56. The minimum atomic E-state index is 0.366. The maximum Gasteiger partial charge on any atom is 0.247 e. The van der Waals surface area contributed by atoms with Gasteiger partial charge in [0, 0.05) is 4.90 Å². The van der Waals surface area contributed by atoms with E-state index < -0.39 is 0 Å². The van der Waals surface area contributed by atoms with Crippen LogP contribution in [0.5, 0.6) is 11.6 Å². The summed E-state index contributed by atoms with van der Waals surface area (Å²) in [6, 6.07) is 22.2. The summed E-state index contributed by atoms with van der Waals surface area (Å²) in [5, 5.41) is 2.94. The van der Waals surface area contributed by atoms with Gasteiger partial charge in [-0.2, -0.15) is 4.98 Å².